The number of aryl methyl sites for hydroxylation is 1. The number of carbonyl (C=O) groups is 1. The van der Waals surface area contributed by atoms with Crippen molar-refractivity contribution in [2.24, 2.45) is 13.0 Å². The van der Waals surface area contributed by atoms with Crippen LogP contribution in [-0.4, -0.2) is 30.1 Å². The molecule has 1 aromatic rings. The molecule has 82 valence electrons. The Labute approximate surface area is 89.7 Å². The van der Waals surface area contributed by atoms with Crippen LogP contribution in [0.2, 0.25) is 0 Å². The largest absolute Gasteiger partial charge is 0.350 e. The quantitative estimate of drug-likeness (QED) is 0.752. The van der Waals surface area contributed by atoms with E-state index in [1.54, 1.807) is 0 Å². The lowest BCUT2D eigenvalue weighted by atomic mass is 10.1. The minimum Gasteiger partial charge on any atom is -0.350 e. The molecule has 1 fully saturated rings. The standard InChI is InChI=1S/C11H17N3O/c1-14-6-2-3-10(14)11(15)13-8-9-4-5-12-7-9/h2-3,6,9,12H,4-5,7-8H2,1H3,(H,13,15). The second-order valence-corrected chi connectivity index (χ2v) is 4.07. The molecule has 4 nitrogen and oxygen atoms in total. The molecule has 0 spiro atoms. The number of carbonyl (C=O) groups excluding carboxylic acids is 1. The Bertz CT molecular complexity index is 339. The second-order valence-electron chi connectivity index (χ2n) is 4.07. The van der Waals surface area contributed by atoms with Crippen LogP contribution >= 0.6 is 0 Å². The van der Waals surface area contributed by atoms with E-state index in [9.17, 15) is 4.79 Å². The van der Waals surface area contributed by atoms with Crippen LogP contribution in [0.15, 0.2) is 18.3 Å². The van der Waals surface area contributed by atoms with E-state index >= 15 is 0 Å². The first kappa shape index (κ1) is 10.2. The Morgan fingerprint density at radius 2 is 2.60 bits per heavy atom. The van der Waals surface area contributed by atoms with Crippen molar-refractivity contribution in [1.82, 2.24) is 15.2 Å². The van der Waals surface area contributed by atoms with Gasteiger partial charge in [-0.25, -0.2) is 0 Å². The van der Waals surface area contributed by atoms with Crippen molar-refractivity contribution in [1.29, 1.82) is 0 Å². The fourth-order valence-electron chi connectivity index (χ4n) is 1.91. The van der Waals surface area contributed by atoms with Gasteiger partial charge in [0, 0.05) is 19.8 Å². The Morgan fingerprint density at radius 1 is 1.73 bits per heavy atom. The molecule has 2 rings (SSSR count). The first-order valence-corrected chi connectivity index (χ1v) is 5.37. The minimum atomic E-state index is 0.0226. The highest BCUT2D eigenvalue weighted by molar-refractivity contribution is 5.92. The van der Waals surface area contributed by atoms with E-state index in [1.165, 1.54) is 0 Å². The van der Waals surface area contributed by atoms with Crippen LogP contribution in [0.5, 0.6) is 0 Å². The summed E-state index contributed by atoms with van der Waals surface area (Å²) in [5.41, 5.74) is 0.723. The zero-order valence-corrected chi connectivity index (χ0v) is 8.99. The van der Waals surface area contributed by atoms with Gasteiger partial charge in [-0.1, -0.05) is 0 Å². The van der Waals surface area contributed by atoms with Crippen molar-refractivity contribution >= 4 is 5.91 Å². The summed E-state index contributed by atoms with van der Waals surface area (Å²) in [6.45, 7) is 2.87. The molecule has 0 aromatic carbocycles. The maximum absolute atomic E-state index is 11.7. The number of amides is 1. The molecule has 4 heteroatoms. The average molecular weight is 207 g/mol. The number of rotatable bonds is 3. The third-order valence-electron chi connectivity index (χ3n) is 2.89. The summed E-state index contributed by atoms with van der Waals surface area (Å²) in [4.78, 5) is 11.7. The van der Waals surface area contributed by atoms with Crippen LogP contribution in [-0.2, 0) is 7.05 Å². The van der Waals surface area contributed by atoms with E-state index < -0.39 is 0 Å². The van der Waals surface area contributed by atoms with Gasteiger partial charge in [-0.3, -0.25) is 4.79 Å². The molecule has 1 aliphatic heterocycles. The lowest BCUT2D eigenvalue weighted by Crippen LogP contribution is -2.31. The molecule has 1 atom stereocenters. The Hall–Kier alpha value is -1.29. The zero-order chi connectivity index (χ0) is 10.7. The molecule has 1 amide bonds. The van der Waals surface area contributed by atoms with Crippen LogP contribution < -0.4 is 10.6 Å². The van der Waals surface area contributed by atoms with Crippen LogP contribution in [0, 0.1) is 5.92 Å². The summed E-state index contributed by atoms with van der Waals surface area (Å²) >= 11 is 0. The average Bonchev–Trinajstić information content (AvgIpc) is 2.84. The molecular formula is C11H17N3O. The van der Waals surface area contributed by atoms with E-state index in [4.69, 9.17) is 0 Å². The van der Waals surface area contributed by atoms with Gasteiger partial charge in [-0.05, 0) is 37.6 Å². The summed E-state index contributed by atoms with van der Waals surface area (Å²) < 4.78 is 1.84. The van der Waals surface area contributed by atoms with Crippen LogP contribution in [0.25, 0.3) is 0 Å². The number of nitrogens with zero attached hydrogens (tertiary/aromatic N) is 1. The molecule has 1 aromatic heterocycles. The first-order valence-electron chi connectivity index (χ1n) is 5.37. The minimum absolute atomic E-state index is 0.0226. The van der Waals surface area contributed by atoms with E-state index in [0.29, 0.717) is 5.92 Å². The maximum atomic E-state index is 11.7. The van der Waals surface area contributed by atoms with Crippen molar-refractivity contribution in [3.8, 4) is 0 Å². The van der Waals surface area contributed by atoms with E-state index in [-0.39, 0.29) is 5.91 Å². The lowest BCUT2D eigenvalue weighted by Gasteiger charge is -2.10. The molecule has 1 saturated heterocycles. The first-order chi connectivity index (χ1) is 7.27. The molecule has 0 aliphatic carbocycles. The van der Waals surface area contributed by atoms with Crippen molar-refractivity contribution in [2.75, 3.05) is 19.6 Å². The van der Waals surface area contributed by atoms with Gasteiger partial charge >= 0.3 is 0 Å². The van der Waals surface area contributed by atoms with Gasteiger partial charge < -0.3 is 15.2 Å². The molecule has 0 saturated carbocycles. The summed E-state index contributed by atoms with van der Waals surface area (Å²) in [6.07, 6.45) is 3.04. The fraction of sp³-hybridized carbons (Fsp3) is 0.545. The third kappa shape index (κ3) is 2.39. The molecule has 1 aliphatic rings. The van der Waals surface area contributed by atoms with Gasteiger partial charge in [0.05, 0.1) is 0 Å². The number of aromatic nitrogens is 1. The normalized spacial score (nSPS) is 20.5. The lowest BCUT2D eigenvalue weighted by molar-refractivity contribution is 0.0940. The predicted octanol–water partition coefficient (Wildman–Crippen LogP) is 0.364. The van der Waals surface area contributed by atoms with Gasteiger partial charge in [-0.15, -0.1) is 0 Å². The molecule has 0 radical (unpaired) electrons. The maximum Gasteiger partial charge on any atom is 0.267 e. The summed E-state index contributed by atoms with van der Waals surface area (Å²) in [5.74, 6) is 0.614. The molecule has 2 N–H and O–H groups in total. The van der Waals surface area contributed by atoms with Gasteiger partial charge in [0.1, 0.15) is 5.69 Å². The van der Waals surface area contributed by atoms with Crippen LogP contribution in [0.4, 0.5) is 0 Å². The highest BCUT2D eigenvalue weighted by Gasteiger charge is 2.16. The molecule has 15 heavy (non-hydrogen) atoms. The predicted molar refractivity (Wildman–Crippen MR) is 58.7 cm³/mol. The Kier molecular flexibility index (Phi) is 3.06. The summed E-state index contributed by atoms with van der Waals surface area (Å²) in [6, 6.07) is 3.72. The molecule has 1 unspecified atom stereocenters. The fourth-order valence-corrected chi connectivity index (χ4v) is 1.91. The Balaban J connectivity index is 1.84. The van der Waals surface area contributed by atoms with Crippen molar-refractivity contribution in [2.45, 2.75) is 6.42 Å². The number of nitrogens with one attached hydrogen (secondary N) is 2. The van der Waals surface area contributed by atoms with Gasteiger partial charge in [-0.2, -0.15) is 0 Å². The van der Waals surface area contributed by atoms with Crippen molar-refractivity contribution in [3.05, 3.63) is 24.0 Å². The topological polar surface area (TPSA) is 46.1 Å². The molecule has 2 heterocycles. The molecule has 0 bridgehead atoms. The Morgan fingerprint density at radius 3 is 3.20 bits per heavy atom. The zero-order valence-electron chi connectivity index (χ0n) is 8.99. The number of hydrogen-bond acceptors (Lipinski definition) is 2. The van der Waals surface area contributed by atoms with E-state index in [2.05, 4.69) is 10.6 Å². The highest BCUT2D eigenvalue weighted by atomic mass is 16.1. The summed E-state index contributed by atoms with van der Waals surface area (Å²) in [5, 5.41) is 6.25. The van der Waals surface area contributed by atoms with Gasteiger partial charge in [0.25, 0.3) is 5.91 Å². The molecular weight excluding hydrogens is 190 g/mol. The number of hydrogen-bond donors (Lipinski definition) is 2. The second kappa shape index (κ2) is 4.49. The van der Waals surface area contributed by atoms with Crippen LogP contribution in [0.3, 0.4) is 0 Å². The van der Waals surface area contributed by atoms with E-state index in [0.717, 1.165) is 31.7 Å². The third-order valence-corrected chi connectivity index (χ3v) is 2.89. The summed E-state index contributed by atoms with van der Waals surface area (Å²) in [7, 11) is 1.88. The van der Waals surface area contributed by atoms with Crippen LogP contribution in [0.1, 0.15) is 16.9 Å². The van der Waals surface area contributed by atoms with E-state index in [1.807, 2.05) is 29.9 Å². The smallest absolute Gasteiger partial charge is 0.267 e. The van der Waals surface area contributed by atoms with Gasteiger partial charge in [0.15, 0.2) is 0 Å². The van der Waals surface area contributed by atoms with Crippen molar-refractivity contribution in [3.63, 3.8) is 0 Å². The van der Waals surface area contributed by atoms with Gasteiger partial charge in [0.2, 0.25) is 0 Å². The van der Waals surface area contributed by atoms with Crippen molar-refractivity contribution < 1.29 is 4.79 Å². The SMILES string of the molecule is Cn1cccc1C(=O)NCC1CCNC1. The highest BCUT2D eigenvalue weighted by Crippen LogP contribution is 2.06. The monoisotopic (exact) mass is 207 g/mol.